The summed E-state index contributed by atoms with van der Waals surface area (Å²) in [6.45, 7) is 0.173. The SMILES string of the molecule is Fc1cc(F)c(NCc2ccc(Br)c(Cl)c2)c(F)c1. The number of anilines is 1. The molecule has 0 aliphatic carbocycles. The van der Waals surface area contributed by atoms with Crippen molar-refractivity contribution in [3.05, 3.63) is 62.8 Å². The molecular weight excluding hydrogens is 343 g/mol. The zero-order chi connectivity index (χ0) is 14.0. The lowest BCUT2D eigenvalue weighted by atomic mass is 10.2. The molecule has 2 aromatic rings. The number of hydrogen-bond acceptors (Lipinski definition) is 1. The van der Waals surface area contributed by atoms with E-state index in [-0.39, 0.29) is 12.2 Å². The number of hydrogen-bond donors (Lipinski definition) is 1. The van der Waals surface area contributed by atoms with Crippen LogP contribution in [-0.2, 0) is 6.54 Å². The third kappa shape index (κ3) is 3.42. The van der Waals surface area contributed by atoms with Gasteiger partial charge >= 0.3 is 0 Å². The van der Waals surface area contributed by atoms with Gasteiger partial charge in [0.05, 0.1) is 5.02 Å². The lowest BCUT2D eigenvalue weighted by Crippen LogP contribution is -2.04. The molecule has 0 spiro atoms. The van der Waals surface area contributed by atoms with Crippen molar-refractivity contribution in [3.63, 3.8) is 0 Å². The van der Waals surface area contributed by atoms with Gasteiger partial charge in [-0.3, -0.25) is 0 Å². The van der Waals surface area contributed by atoms with E-state index >= 15 is 0 Å². The fraction of sp³-hybridized carbons (Fsp3) is 0.0769. The van der Waals surface area contributed by atoms with E-state index < -0.39 is 17.5 Å². The summed E-state index contributed by atoms with van der Waals surface area (Å²) in [6, 6.07) is 6.40. The molecule has 1 nitrogen and oxygen atoms in total. The van der Waals surface area contributed by atoms with Gasteiger partial charge in [0.1, 0.15) is 11.5 Å². The molecule has 0 saturated carbocycles. The van der Waals surface area contributed by atoms with E-state index in [1.165, 1.54) is 0 Å². The maximum atomic E-state index is 13.4. The minimum Gasteiger partial charge on any atom is -0.376 e. The maximum absolute atomic E-state index is 13.4. The van der Waals surface area contributed by atoms with Crippen LogP contribution in [0, 0.1) is 17.5 Å². The van der Waals surface area contributed by atoms with Crippen LogP contribution in [0.2, 0.25) is 5.02 Å². The van der Waals surface area contributed by atoms with Crippen LogP contribution in [0.1, 0.15) is 5.56 Å². The summed E-state index contributed by atoms with van der Waals surface area (Å²) in [4.78, 5) is 0. The van der Waals surface area contributed by atoms with Crippen molar-refractivity contribution >= 4 is 33.2 Å². The Bertz CT molecular complexity index is 596. The molecule has 100 valence electrons. The van der Waals surface area contributed by atoms with Crippen LogP contribution >= 0.6 is 27.5 Å². The second kappa shape index (κ2) is 5.84. The Morgan fingerprint density at radius 3 is 2.26 bits per heavy atom. The van der Waals surface area contributed by atoms with Crippen molar-refractivity contribution in [2.75, 3.05) is 5.32 Å². The van der Waals surface area contributed by atoms with E-state index in [9.17, 15) is 13.2 Å². The van der Waals surface area contributed by atoms with Crippen molar-refractivity contribution < 1.29 is 13.2 Å². The minimum atomic E-state index is -0.972. The van der Waals surface area contributed by atoms with Crippen molar-refractivity contribution in [2.45, 2.75) is 6.54 Å². The highest BCUT2D eigenvalue weighted by atomic mass is 79.9. The predicted molar refractivity (Wildman–Crippen MR) is 72.8 cm³/mol. The minimum absolute atomic E-state index is 0.173. The molecule has 1 N–H and O–H groups in total. The Morgan fingerprint density at radius 2 is 1.68 bits per heavy atom. The zero-order valence-electron chi connectivity index (χ0n) is 9.48. The summed E-state index contributed by atoms with van der Waals surface area (Å²) in [5, 5.41) is 3.08. The fourth-order valence-corrected chi connectivity index (χ4v) is 2.00. The molecule has 0 bridgehead atoms. The highest BCUT2D eigenvalue weighted by molar-refractivity contribution is 9.10. The molecule has 0 atom stereocenters. The highest BCUT2D eigenvalue weighted by Crippen LogP contribution is 2.25. The summed E-state index contributed by atoms with van der Waals surface area (Å²) < 4.78 is 40.2. The van der Waals surface area contributed by atoms with Crippen LogP contribution < -0.4 is 5.32 Å². The Hall–Kier alpha value is -1.20. The smallest absolute Gasteiger partial charge is 0.152 e. The first-order valence-corrected chi connectivity index (χ1v) is 6.47. The van der Waals surface area contributed by atoms with Gasteiger partial charge in [-0.05, 0) is 33.6 Å². The second-order valence-corrected chi connectivity index (χ2v) is 5.11. The van der Waals surface area contributed by atoms with Crippen LogP contribution in [0.4, 0.5) is 18.9 Å². The maximum Gasteiger partial charge on any atom is 0.152 e. The van der Waals surface area contributed by atoms with Gasteiger partial charge in [-0.25, -0.2) is 13.2 Å². The van der Waals surface area contributed by atoms with Gasteiger partial charge in [-0.15, -0.1) is 0 Å². The average molecular weight is 351 g/mol. The molecule has 0 saturated heterocycles. The average Bonchev–Trinajstić information content (AvgIpc) is 2.32. The van der Waals surface area contributed by atoms with Gasteiger partial charge < -0.3 is 5.32 Å². The van der Waals surface area contributed by atoms with Gasteiger partial charge in [0, 0.05) is 23.2 Å². The van der Waals surface area contributed by atoms with Gasteiger partial charge in [0.15, 0.2) is 11.6 Å². The third-order valence-corrected chi connectivity index (χ3v) is 3.69. The van der Waals surface area contributed by atoms with Crippen LogP contribution in [0.25, 0.3) is 0 Å². The number of halogens is 5. The van der Waals surface area contributed by atoms with Gasteiger partial charge in [-0.1, -0.05) is 17.7 Å². The van der Waals surface area contributed by atoms with Crippen molar-refractivity contribution in [1.29, 1.82) is 0 Å². The Labute approximate surface area is 121 Å². The first kappa shape index (κ1) is 14.2. The van der Waals surface area contributed by atoms with E-state index in [1.54, 1.807) is 18.2 Å². The van der Waals surface area contributed by atoms with Crippen molar-refractivity contribution in [1.82, 2.24) is 0 Å². The third-order valence-electron chi connectivity index (χ3n) is 2.46. The summed E-state index contributed by atoms with van der Waals surface area (Å²) in [5.74, 6) is -2.89. The van der Waals surface area contributed by atoms with Crippen LogP contribution in [0.3, 0.4) is 0 Å². The largest absolute Gasteiger partial charge is 0.376 e. The number of nitrogens with one attached hydrogen (secondary N) is 1. The molecule has 19 heavy (non-hydrogen) atoms. The topological polar surface area (TPSA) is 12.0 Å². The van der Waals surface area contributed by atoms with E-state index in [2.05, 4.69) is 21.2 Å². The summed E-state index contributed by atoms with van der Waals surface area (Å²) in [6.07, 6.45) is 0. The molecule has 0 heterocycles. The molecule has 0 fully saturated rings. The van der Waals surface area contributed by atoms with E-state index in [0.717, 1.165) is 10.0 Å². The Morgan fingerprint density at radius 1 is 1.05 bits per heavy atom. The van der Waals surface area contributed by atoms with E-state index in [4.69, 9.17) is 11.6 Å². The first-order valence-electron chi connectivity index (χ1n) is 5.29. The molecule has 0 amide bonds. The molecule has 0 aliphatic heterocycles. The predicted octanol–water partition coefficient (Wildman–Crippen LogP) is 5.13. The van der Waals surface area contributed by atoms with E-state index in [0.29, 0.717) is 17.2 Å². The van der Waals surface area contributed by atoms with Crippen LogP contribution in [-0.4, -0.2) is 0 Å². The number of rotatable bonds is 3. The monoisotopic (exact) mass is 349 g/mol. The molecular formula is C13H8BrClF3N. The van der Waals surface area contributed by atoms with Gasteiger partial charge in [0.25, 0.3) is 0 Å². The molecule has 2 aromatic carbocycles. The van der Waals surface area contributed by atoms with E-state index in [1.807, 2.05) is 0 Å². The van der Waals surface area contributed by atoms with Crippen LogP contribution in [0.5, 0.6) is 0 Å². The van der Waals surface area contributed by atoms with Crippen LogP contribution in [0.15, 0.2) is 34.8 Å². The molecule has 0 radical (unpaired) electrons. The molecule has 0 aromatic heterocycles. The molecule has 6 heteroatoms. The second-order valence-electron chi connectivity index (χ2n) is 3.85. The number of benzene rings is 2. The molecule has 0 unspecified atom stereocenters. The normalized spacial score (nSPS) is 10.6. The highest BCUT2D eigenvalue weighted by Gasteiger charge is 2.11. The lowest BCUT2D eigenvalue weighted by Gasteiger charge is -2.09. The quantitative estimate of drug-likeness (QED) is 0.809. The first-order chi connectivity index (χ1) is 8.97. The van der Waals surface area contributed by atoms with Gasteiger partial charge in [0.2, 0.25) is 0 Å². The zero-order valence-corrected chi connectivity index (χ0v) is 11.8. The summed E-state index contributed by atoms with van der Waals surface area (Å²) in [7, 11) is 0. The standard InChI is InChI=1S/C13H8BrClF3N/c14-9-2-1-7(3-10(9)15)6-19-13-11(17)4-8(16)5-12(13)18/h1-5,19H,6H2. The summed E-state index contributed by atoms with van der Waals surface area (Å²) >= 11 is 9.15. The van der Waals surface area contributed by atoms with Crippen molar-refractivity contribution in [3.8, 4) is 0 Å². The molecule has 0 aliphatic rings. The van der Waals surface area contributed by atoms with Crippen molar-refractivity contribution in [2.24, 2.45) is 0 Å². The lowest BCUT2D eigenvalue weighted by molar-refractivity contribution is 0.547. The fourth-order valence-electron chi connectivity index (χ4n) is 1.55. The Balaban J connectivity index is 2.16. The molecule has 2 rings (SSSR count). The van der Waals surface area contributed by atoms with Gasteiger partial charge in [-0.2, -0.15) is 0 Å². The summed E-state index contributed by atoms with van der Waals surface area (Å²) in [5.41, 5.74) is 0.386. The Kier molecular flexibility index (Phi) is 4.37.